The summed E-state index contributed by atoms with van der Waals surface area (Å²) in [7, 11) is 1.74. The van der Waals surface area contributed by atoms with Crippen molar-refractivity contribution in [1.29, 1.82) is 0 Å². The van der Waals surface area contributed by atoms with Gasteiger partial charge < -0.3 is 15.0 Å². The van der Waals surface area contributed by atoms with E-state index in [0.717, 1.165) is 5.56 Å². The van der Waals surface area contributed by atoms with Gasteiger partial charge >= 0.3 is 6.09 Å². The predicted octanol–water partition coefficient (Wildman–Crippen LogP) is 3.17. The van der Waals surface area contributed by atoms with Crippen LogP contribution < -0.4 is 15.8 Å². The maximum atomic E-state index is 13.6. The van der Waals surface area contributed by atoms with Crippen LogP contribution >= 0.6 is 0 Å². The number of imidazole rings is 1. The minimum atomic E-state index is -0.727. The lowest BCUT2D eigenvalue weighted by atomic mass is 10.0. The van der Waals surface area contributed by atoms with Crippen LogP contribution in [0.5, 0.6) is 0 Å². The summed E-state index contributed by atoms with van der Waals surface area (Å²) in [6.07, 6.45) is 4.20. The molecule has 1 fully saturated rings. The molecule has 43 heavy (non-hydrogen) atoms. The molecule has 0 aliphatic carbocycles. The van der Waals surface area contributed by atoms with Crippen molar-refractivity contribution in [3.8, 4) is 5.69 Å². The SMILES string of the molecule is Cc1c(C(=O)N[C@@H]2CN(c3ccc4nccn4n3)CC2/C=N/C(=O)OCc2ccccc2)c(=O)n(-c2ccccc2)n1C. The van der Waals surface area contributed by atoms with Gasteiger partial charge in [-0.15, -0.1) is 5.10 Å². The monoisotopic (exact) mass is 578 g/mol. The van der Waals surface area contributed by atoms with E-state index < -0.39 is 23.6 Å². The fourth-order valence-electron chi connectivity index (χ4n) is 5.28. The van der Waals surface area contributed by atoms with Crippen molar-refractivity contribution in [3.05, 3.63) is 112 Å². The average molecular weight is 579 g/mol. The van der Waals surface area contributed by atoms with Gasteiger partial charge in [0.05, 0.1) is 17.4 Å². The van der Waals surface area contributed by atoms with Crippen LogP contribution in [0.1, 0.15) is 21.6 Å². The average Bonchev–Trinajstić information content (AvgIpc) is 3.71. The number of benzene rings is 2. The molecule has 3 aromatic heterocycles. The van der Waals surface area contributed by atoms with Gasteiger partial charge in [-0.1, -0.05) is 48.5 Å². The zero-order chi connectivity index (χ0) is 29.9. The van der Waals surface area contributed by atoms with Crippen molar-refractivity contribution in [2.24, 2.45) is 18.0 Å². The zero-order valence-corrected chi connectivity index (χ0v) is 23.7. The van der Waals surface area contributed by atoms with Crippen LogP contribution in [-0.2, 0) is 18.4 Å². The molecule has 0 radical (unpaired) electrons. The number of anilines is 1. The van der Waals surface area contributed by atoms with E-state index >= 15 is 0 Å². The highest BCUT2D eigenvalue weighted by Crippen LogP contribution is 2.23. The number of aromatic nitrogens is 5. The minimum Gasteiger partial charge on any atom is -0.443 e. The topological polar surface area (TPSA) is 128 Å². The zero-order valence-electron chi connectivity index (χ0n) is 23.7. The first-order valence-corrected chi connectivity index (χ1v) is 13.8. The molecule has 2 aromatic carbocycles. The molecule has 1 aliphatic rings. The first-order valence-electron chi connectivity index (χ1n) is 13.8. The third-order valence-electron chi connectivity index (χ3n) is 7.60. The van der Waals surface area contributed by atoms with Crippen LogP contribution in [0.3, 0.4) is 0 Å². The summed E-state index contributed by atoms with van der Waals surface area (Å²) < 4.78 is 10.1. The van der Waals surface area contributed by atoms with E-state index in [2.05, 4.69) is 20.4 Å². The second-order valence-electron chi connectivity index (χ2n) is 10.3. The summed E-state index contributed by atoms with van der Waals surface area (Å²) in [6.45, 7) is 2.65. The van der Waals surface area contributed by atoms with Gasteiger partial charge in [0.25, 0.3) is 11.5 Å². The highest BCUT2D eigenvalue weighted by atomic mass is 16.5. The molecule has 4 heterocycles. The van der Waals surface area contributed by atoms with Crippen LogP contribution in [0.2, 0.25) is 0 Å². The number of nitrogens with zero attached hydrogens (tertiary/aromatic N) is 7. The Morgan fingerprint density at radius 1 is 1.05 bits per heavy atom. The van der Waals surface area contributed by atoms with E-state index in [1.165, 1.54) is 10.9 Å². The van der Waals surface area contributed by atoms with E-state index in [1.807, 2.05) is 77.7 Å². The number of amides is 2. The van der Waals surface area contributed by atoms with Crippen LogP contribution in [-0.4, -0.2) is 61.3 Å². The lowest BCUT2D eigenvalue weighted by molar-refractivity contribution is 0.0935. The molecule has 2 atom stereocenters. The number of ether oxygens (including phenoxy) is 1. The molecule has 0 saturated carbocycles. The van der Waals surface area contributed by atoms with Crippen molar-refractivity contribution < 1.29 is 14.3 Å². The predicted molar refractivity (Wildman–Crippen MR) is 161 cm³/mol. The van der Waals surface area contributed by atoms with E-state index in [1.54, 1.807) is 35.6 Å². The van der Waals surface area contributed by atoms with Crippen LogP contribution in [0, 0.1) is 12.8 Å². The van der Waals surface area contributed by atoms with Crippen LogP contribution in [0.4, 0.5) is 10.6 Å². The molecule has 0 bridgehead atoms. The molecule has 1 saturated heterocycles. The van der Waals surface area contributed by atoms with Crippen molar-refractivity contribution in [2.75, 3.05) is 18.0 Å². The first-order chi connectivity index (χ1) is 20.9. The summed E-state index contributed by atoms with van der Waals surface area (Å²) in [5.74, 6) is -0.189. The number of carbonyl (C=O) groups excluding carboxylic acids is 2. The number of hydrogen-bond acceptors (Lipinski definition) is 7. The quantitative estimate of drug-likeness (QED) is 0.294. The van der Waals surface area contributed by atoms with Crippen molar-refractivity contribution in [3.63, 3.8) is 0 Å². The summed E-state index contributed by atoms with van der Waals surface area (Å²) >= 11 is 0. The molecule has 1 aliphatic heterocycles. The number of carbonyl (C=O) groups is 2. The van der Waals surface area contributed by atoms with Gasteiger partial charge in [-0.3, -0.25) is 14.3 Å². The second-order valence-corrected chi connectivity index (χ2v) is 10.3. The maximum Gasteiger partial charge on any atom is 0.433 e. The highest BCUT2D eigenvalue weighted by Gasteiger charge is 2.35. The third-order valence-corrected chi connectivity index (χ3v) is 7.60. The molecule has 1 unspecified atom stereocenters. The number of hydrogen-bond donors (Lipinski definition) is 1. The molecule has 6 rings (SSSR count). The van der Waals surface area contributed by atoms with Crippen LogP contribution in [0.15, 0.2) is 95.0 Å². The van der Waals surface area contributed by atoms with Gasteiger partial charge in [0.15, 0.2) is 5.65 Å². The van der Waals surface area contributed by atoms with Crippen molar-refractivity contribution in [2.45, 2.75) is 19.6 Å². The Hall–Kier alpha value is -5.52. The summed E-state index contributed by atoms with van der Waals surface area (Å²) in [4.78, 5) is 49.9. The first kappa shape index (κ1) is 27.6. The lowest BCUT2D eigenvalue weighted by Gasteiger charge is -2.18. The van der Waals surface area contributed by atoms with Gasteiger partial charge in [-0.05, 0) is 36.8 Å². The molecular formula is C31H30N8O4. The lowest BCUT2D eigenvalue weighted by Crippen LogP contribution is -2.43. The molecule has 12 nitrogen and oxygen atoms in total. The third kappa shape index (κ3) is 5.67. The van der Waals surface area contributed by atoms with E-state index in [0.29, 0.717) is 35.9 Å². The highest BCUT2D eigenvalue weighted by molar-refractivity contribution is 5.95. The number of aliphatic imine (C=N–C) groups is 1. The minimum absolute atomic E-state index is 0.0562. The largest absolute Gasteiger partial charge is 0.443 e. The second kappa shape index (κ2) is 11.8. The number of fused-ring (bicyclic) bond motifs is 1. The number of rotatable bonds is 7. The molecule has 5 aromatic rings. The van der Waals surface area contributed by atoms with E-state index in [4.69, 9.17) is 4.74 Å². The van der Waals surface area contributed by atoms with E-state index in [9.17, 15) is 14.4 Å². The molecule has 2 amide bonds. The normalized spacial score (nSPS) is 16.7. The number of para-hydroxylation sites is 1. The fourth-order valence-corrected chi connectivity index (χ4v) is 5.28. The molecule has 12 heteroatoms. The van der Waals surface area contributed by atoms with Gasteiger partial charge in [0.2, 0.25) is 0 Å². The Bertz CT molecular complexity index is 1860. The van der Waals surface area contributed by atoms with Gasteiger partial charge in [-0.2, -0.15) is 4.99 Å². The molecular weight excluding hydrogens is 548 g/mol. The standard InChI is InChI=1S/C31H30N8O4/c1-21-28(30(41)39(36(21)2)24-11-7-4-8-12-24)29(40)34-25-19-37(27-14-13-26-32-15-16-38(26)35-27)18-23(25)17-33-31(42)43-20-22-9-5-3-6-10-22/h3-17,23,25H,18-20H2,1-2H3,(H,34,40)/b33-17+/t23?,25-/m1/s1. The van der Waals surface area contributed by atoms with Gasteiger partial charge in [0, 0.05) is 44.7 Å². The molecule has 1 N–H and O–H groups in total. The Labute approximate surface area is 246 Å². The molecule has 0 spiro atoms. The van der Waals surface area contributed by atoms with Crippen LogP contribution in [0.25, 0.3) is 11.3 Å². The van der Waals surface area contributed by atoms with Gasteiger partial charge in [0.1, 0.15) is 18.0 Å². The Kier molecular flexibility index (Phi) is 7.56. The summed E-state index contributed by atoms with van der Waals surface area (Å²) in [5.41, 5.74) is 2.39. The Morgan fingerprint density at radius 3 is 2.56 bits per heavy atom. The van der Waals surface area contributed by atoms with Crippen molar-refractivity contribution >= 4 is 29.7 Å². The van der Waals surface area contributed by atoms with Gasteiger partial charge in [-0.25, -0.2) is 19.0 Å². The smallest absolute Gasteiger partial charge is 0.433 e. The fraction of sp³-hybridized carbons (Fsp3) is 0.226. The van der Waals surface area contributed by atoms with E-state index in [-0.39, 0.29) is 18.1 Å². The van der Waals surface area contributed by atoms with Crippen molar-refractivity contribution in [1.82, 2.24) is 29.3 Å². The Morgan fingerprint density at radius 2 is 1.79 bits per heavy atom. The summed E-state index contributed by atoms with van der Waals surface area (Å²) in [6, 6.07) is 21.7. The Balaban J connectivity index is 1.24. The summed E-state index contributed by atoms with van der Waals surface area (Å²) in [5, 5.41) is 7.67. The molecule has 218 valence electrons. The number of nitrogens with one attached hydrogen (secondary N) is 1. The maximum absolute atomic E-state index is 13.6.